The van der Waals surface area contributed by atoms with Crippen molar-refractivity contribution in [2.75, 3.05) is 14.2 Å². The van der Waals surface area contributed by atoms with Gasteiger partial charge < -0.3 is 14.2 Å². The molecule has 3 nitrogen and oxygen atoms in total. The monoisotopic (exact) mass is 314 g/mol. The summed E-state index contributed by atoms with van der Waals surface area (Å²) < 4.78 is 17.3. The summed E-state index contributed by atoms with van der Waals surface area (Å²) in [5.41, 5.74) is 2.35. The van der Waals surface area contributed by atoms with Gasteiger partial charge in [0.25, 0.3) is 0 Å². The molecule has 0 radical (unpaired) electrons. The van der Waals surface area contributed by atoms with E-state index in [-0.39, 0.29) is 12.2 Å². The minimum absolute atomic E-state index is 0.0789. The van der Waals surface area contributed by atoms with E-state index >= 15 is 0 Å². The Balaban J connectivity index is 1.69. The van der Waals surface area contributed by atoms with E-state index in [1.165, 1.54) is 16.0 Å². The van der Waals surface area contributed by atoms with Crippen LogP contribution >= 0.6 is 11.8 Å². The molecule has 4 heteroatoms. The lowest BCUT2D eigenvalue weighted by Gasteiger charge is -2.24. The number of thioether (sulfide) groups is 1. The van der Waals surface area contributed by atoms with Crippen LogP contribution in [0.2, 0.25) is 0 Å². The second kappa shape index (κ2) is 5.52. The smallest absolute Gasteiger partial charge is 0.125 e. The molecule has 0 aliphatic carbocycles. The van der Waals surface area contributed by atoms with Gasteiger partial charge in [-0.15, -0.1) is 11.8 Å². The average Bonchev–Trinajstić information content (AvgIpc) is 3.14. The zero-order valence-electron chi connectivity index (χ0n) is 12.6. The highest BCUT2D eigenvalue weighted by Crippen LogP contribution is 2.60. The minimum Gasteiger partial charge on any atom is -0.496 e. The molecule has 0 spiro atoms. The fourth-order valence-corrected chi connectivity index (χ4v) is 4.72. The van der Waals surface area contributed by atoms with Gasteiger partial charge in [0.05, 0.1) is 26.4 Å². The van der Waals surface area contributed by atoms with E-state index in [9.17, 15) is 0 Å². The lowest BCUT2D eigenvalue weighted by molar-refractivity contribution is 0.0712. The van der Waals surface area contributed by atoms with E-state index in [2.05, 4.69) is 24.3 Å². The molecule has 114 valence electrons. The molecule has 4 rings (SSSR count). The van der Waals surface area contributed by atoms with Crippen LogP contribution in [0.5, 0.6) is 11.5 Å². The van der Waals surface area contributed by atoms with Crippen LogP contribution in [0.4, 0.5) is 0 Å². The van der Waals surface area contributed by atoms with Crippen molar-refractivity contribution in [2.45, 2.75) is 28.8 Å². The lowest BCUT2D eigenvalue weighted by Crippen LogP contribution is -2.14. The fraction of sp³-hybridized carbons (Fsp3) is 0.333. The van der Waals surface area contributed by atoms with Gasteiger partial charge in [0.1, 0.15) is 11.5 Å². The molecular weight excluding hydrogens is 296 g/mol. The summed E-state index contributed by atoms with van der Waals surface area (Å²) in [6.45, 7) is 0. The molecule has 0 amide bonds. The van der Waals surface area contributed by atoms with Crippen molar-refractivity contribution >= 4 is 11.8 Å². The van der Waals surface area contributed by atoms with Crippen molar-refractivity contribution < 1.29 is 14.2 Å². The molecule has 1 fully saturated rings. The quantitative estimate of drug-likeness (QED) is 0.837. The number of hydrogen-bond acceptors (Lipinski definition) is 4. The van der Waals surface area contributed by atoms with Crippen LogP contribution in [-0.4, -0.2) is 19.5 Å². The molecule has 2 aromatic carbocycles. The second-order valence-corrected chi connectivity index (χ2v) is 6.86. The van der Waals surface area contributed by atoms with Crippen LogP contribution in [0.15, 0.2) is 47.4 Å². The van der Waals surface area contributed by atoms with Gasteiger partial charge in [-0.3, -0.25) is 0 Å². The van der Waals surface area contributed by atoms with E-state index < -0.39 is 0 Å². The maximum atomic E-state index is 6.23. The Bertz CT molecular complexity index is 686. The van der Waals surface area contributed by atoms with Crippen LogP contribution in [0.3, 0.4) is 0 Å². The van der Waals surface area contributed by atoms with Gasteiger partial charge in [-0.25, -0.2) is 0 Å². The van der Waals surface area contributed by atoms with Crippen molar-refractivity contribution in [2.24, 2.45) is 0 Å². The summed E-state index contributed by atoms with van der Waals surface area (Å²) in [6.07, 6.45) is 1.21. The van der Waals surface area contributed by atoms with E-state index in [1.54, 1.807) is 14.2 Å². The first-order valence-electron chi connectivity index (χ1n) is 7.43. The van der Waals surface area contributed by atoms with Gasteiger partial charge in [0.15, 0.2) is 0 Å². The predicted molar refractivity (Wildman–Crippen MR) is 86.8 cm³/mol. The Labute approximate surface area is 134 Å². The molecule has 2 bridgehead atoms. The Morgan fingerprint density at radius 1 is 0.955 bits per heavy atom. The van der Waals surface area contributed by atoms with Crippen LogP contribution in [0, 0.1) is 0 Å². The fourth-order valence-electron chi connectivity index (χ4n) is 3.46. The van der Waals surface area contributed by atoms with Crippen LogP contribution in [-0.2, 0) is 4.74 Å². The van der Waals surface area contributed by atoms with Crippen molar-refractivity contribution in [3.05, 3.63) is 53.6 Å². The molecule has 2 heterocycles. The third-order valence-corrected chi connectivity index (χ3v) is 5.67. The lowest BCUT2D eigenvalue weighted by atomic mass is 9.90. The summed E-state index contributed by atoms with van der Waals surface area (Å²) in [7, 11) is 3.43. The topological polar surface area (TPSA) is 27.7 Å². The zero-order valence-corrected chi connectivity index (χ0v) is 13.4. The predicted octanol–water partition coefficient (Wildman–Crippen LogP) is 4.38. The maximum absolute atomic E-state index is 6.23. The van der Waals surface area contributed by atoms with Gasteiger partial charge in [-0.2, -0.15) is 0 Å². The Kier molecular flexibility index (Phi) is 3.51. The van der Waals surface area contributed by atoms with Gasteiger partial charge >= 0.3 is 0 Å². The molecule has 2 aliphatic heterocycles. The molecule has 1 saturated heterocycles. The summed E-state index contributed by atoms with van der Waals surface area (Å²) in [5.74, 6) is 1.81. The molecule has 2 aromatic rings. The molecule has 0 unspecified atom stereocenters. The molecule has 2 aliphatic rings. The van der Waals surface area contributed by atoms with Crippen molar-refractivity contribution in [1.29, 1.82) is 0 Å². The minimum atomic E-state index is 0.0789. The molecule has 22 heavy (non-hydrogen) atoms. The first kappa shape index (κ1) is 14.0. The maximum Gasteiger partial charge on any atom is 0.125 e. The zero-order chi connectivity index (χ0) is 15.1. The van der Waals surface area contributed by atoms with Crippen molar-refractivity contribution in [1.82, 2.24) is 0 Å². The molecule has 0 saturated carbocycles. The van der Waals surface area contributed by atoms with E-state index in [4.69, 9.17) is 14.2 Å². The SMILES string of the molecule is COc1ccc(OC)c2c1[C@@H]1C[C@@H](Sc3ccccc3)[C@H]2O1. The first-order chi connectivity index (χ1) is 10.8. The number of hydrogen-bond donors (Lipinski definition) is 0. The molecule has 3 atom stereocenters. The van der Waals surface area contributed by atoms with Gasteiger partial charge in [0.2, 0.25) is 0 Å². The normalized spacial score (nSPS) is 25.1. The first-order valence-corrected chi connectivity index (χ1v) is 8.31. The molecule has 0 aromatic heterocycles. The van der Waals surface area contributed by atoms with E-state index in [1.807, 2.05) is 30.0 Å². The largest absolute Gasteiger partial charge is 0.496 e. The van der Waals surface area contributed by atoms with Gasteiger partial charge in [0, 0.05) is 21.3 Å². The Morgan fingerprint density at radius 2 is 1.64 bits per heavy atom. The summed E-state index contributed by atoms with van der Waals surface area (Å²) >= 11 is 1.89. The number of benzene rings is 2. The highest BCUT2D eigenvalue weighted by Gasteiger charge is 2.48. The Hall–Kier alpha value is -1.65. The van der Waals surface area contributed by atoms with Crippen LogP contribution in [0.1, 0.15) is 29.8 Å². The Morgan fingerprint density at radius 3 is 2.32 bits per heavy atom. The van der Waals surface area contributed by atoms with Gasteiger partial charge in [-0.05, 0) is 30.7 Å². The van der Waals surface area contributed by atoms with Crippen LogP contribution in [0.25, 0.3) is 0 Å². The number of methoxy groups -OCH3 is 2. The number of ether oxygens (including phenoxy) is 3. The molecular formula is C18H18O3S. The second-order valence-electron chi connectivity index (χ2n) is 5.55. The average molecular weight is 314 g/mol. The van der Waals surface area contributed by atoms with Gasteiger partial charge in [-0.1, -0.05) is 18.2 Å². The molecule has 0 N–H and O–H groups in total. The van der Waals surface area contributed by atoms with Crippen molar-refractivity contribution in [3.63, 3.8) is 0 Å². The third-order valence-electron chi connectivity index (χ3n) is 4.38. The highest BCUT2D eigenvalue weighted by atomic mass is 32.2. The standard InChI is InChI=1S/C18H18O3S/c1-19-12-8-9-13(20-2)17-16(12)14-10-15(18(17)21-14)22-11-6-4-3-5-7-11/h3-9,14-15,18H,10H2,1-2H3/t14-,15+,18+/m0/s1. The third kappa shape index (κ3) is 2.09. The van der Waals surface area contributed by atoms with E-state index in [0.29, 0.717) is 5.25 Å². The van der Waals surface area contributed by atoms with Crippen molar-refractivity contribution in [3.8, 4) is 11.5 Å². The highest BCUT2D eigenvalue weighted by molar-refractivity contribution is 8.00. The number of rotatable bonds is 4. The summed E-state index contributed by atoms with van der Waals surface area (Å²) in [6, 6.07) is 14.5. The summed E-state index contributed by atoms with van der Waals surface area (Å²) in [4.78, 5) is 1.28. The number of fused-ring (bicyclic) bond motifs is 5. The van der Waals surface area contributed by atoms with E-state index in [0.717, 1.165) is 17.9 Å². The van der Waals surface area contributed by atoms with Crippen LogP contribution < -0.4 is 9.47 Å². The summed E-state index contributed by atoms with van der Waals surface area (Å²) in [5, 5.41) is 0.418.